The van der Waals surface area contributed by atoms with Crippen molar-refractivity contribution >= 4 is 0 Å². The zero-order chi connectivity index (χ0) is 17.5. The Labute approximate surface area is 150 Å². The number of rotatable bonds is 8. The van der Waals surface area contributed by atoms with Gasteiger partial charge in [-0.25, -0.2) is 0 Å². The first kappa shape index (κ1) is 17.9. The molecule has 0 unspecified atom stereocenters. The second-order valence-electron chi connectivity index (χ2n) is 6.88. The van der Waals surface area contributed by atoms with Crippen LogP contribution in [0.3, 0.4) is 0 Å². The van der Waals surface area contributed by atoms with Crippen LogP contribution in [-0.4, -0.2) is 38.4 Å². The molecular formula is C21H30N2O2+2. The Morgan fingerprint density at radius 3 is 2.28 bits per heavy atom. The van der Waals surface area contributed by atoms with Crippen molar-refractivity contribution in [1.82, 2.24) is 0 Å². The van der Waals surface area contributed by atoms with Crippen LogP contribution in [0.1, 0.15) is 36.1 Å². The smallest absolute Gasteiger partial charge is 0.163 e. The molecular weight excluding hydrogens is 312 g/mol. The summed E-state index contributed by atoms with van der Waals surface area (Å²) in [4.78, 5) is 1.66. The second kappa shape index (κ2) is 8.99. The molecule has 1 saturated heterocycles. The molecule has 2 aromatic carbocycles. The molecule has 1 aliphatic rings. The van der Waals surface area contributed by atoms with Crippen LogP contribution in [0, 0.1) is 0 Å². The summed E-state index contributed by atoms with van der Waals surface area (Å²) in [7, 11) is 1.71. The Morgan fingerprint density at radius 2 is 1.64 bits per heavy atom. The van der Waals surface area contributed by atoms with Gasteiger partial charge in [-0.15, -0.1) is 0 Å². The lowest BCUT2D eigenvalue weighted by molar-refractivity contribution is -0.934. The van der Waals surface area contributed by atoms with Crippen LogP contribution < -0.4 is 15.0 Å². The van der Waals surface area contributed by atoms with Gasteiger partial charge in [-0.2, -0.15) is 0 Å². The number of aliphatic hydroxyl groups excluding tert-OH is 1. The van der Waals surface area contributed by atoms with Gasteiger partial charge < -0.3 is 20.1 Å². The minimum atomic E-state index is -0.411. The highest BCUT2D eigenvalue weighted by atomic mass is 16.5. The molecule has 0 spiro atoms. The van der Waals surface area contributed by atoms with Crippen LogP contribution in [0.5, 0.6) is 5.75 Å². The highest BCUT2D eigenvalue weighted by Crippen LogP contribution is 2.16. The molecule has 1 heterocycles. The lowest BCUT2D eigenvalue weighted by Crippen LogP contribution is -3.13. The van der Waals surface area contributed by atoms with E-state index in [4.69, 9.17) is 4.74 Å². The van der Waals surface area contributed by atoms with Gasteiger partial charge in [0.15, 0.2) is 6.04 Å². The summed E-state index contributed by atoms with van der Waals surface area (Å²) in [6, 6.07) is 18.9. The number of methoxy groups -OCH3 is 1. The molecule has 0 bridgehead atoms. The van der Waals surface area contributed by atoms with Gasteiger partial charge in [-0.1, -0.05) is 30.3 Å². The van der Waals surface area contributed by atoms with Crippen molar-refractivity contribution in [3.8, 4) is 5.75 Å². The van der Waals surface area contributed by atoms with Crippen molar-refractivity contribution in [3.05, 3.63) is 65.7 Å². The van der Waals surface area contributed by atoms with Gasteiger partial charge in [0.05, 0.1) is 20.2 Å². The fourth-order valence-electron chi connectivity index (χ4n) is 3.78. The van der Waals surface area contributed by atoms with E-state index in [1.807, 2.05) is 30.3 Å². The lowest BCUT2D eigenvalue weighted by Gasteiger charge is -2.24. The molecule has 134 valence electrons. The molecule has 0 aromatic heterocycles. The monoisotopic (exact) mass is 342 g/mol. The van der Waals surface area contributed by atoms with E-state index in [1.54, 1.807) is 12.0 Å². The Kier molecular flexibility index (Phi) is 6.45. The van der Waals surface area contributed by atoms with Crippen molar-refractivity contribution in [2.24, 2.45) is 0 Å². The quantitative estimate of drug-likeness (QED) is 0.662. The van der Waals surface area contributed by atoms with Gasteiger partial charge in [-0.3, -0.25) is 0 Å². The van der Waals surface area contributed by atoms with Crippen molar-refractivity contribution < 1.29 is 20.1 Å². The van der Waals surface area contributed by atoms with Crippen LogP contribution in [0.2, 0.25) is 0 Å². The number of quaternary nitrogens is 2. The molecule has 4 heteroatoms. The molecule has 2 aromatic rings. The van der Waals surface area contributed by atoms with Crippen molar-refractivity contribution in [2.75, 3.05) is 33.3 Å². The fourth-order valence-corrected chi connectivity index (χ4v) is 3.78. The molecule has 1 fully saturated rings. The topological polar surface area (TPSA) is 50.5 Å². The Bertz CT molecular complexity index is 624. The third kappa shape index (κ3) is 4.82. The van der Waals surface area contributed by atoms with Crippen LogP contribution in [0.15, 0.2) is 54.6 Å². The SMILES string of the molecule is COc1ccc([C@H](C[NH2+]C[C@H](O)c2ccccc2)[NH+]2CCCC2)cc1. The maximum Gasteiger partial charge on any atom is 0.163 e. The molecule has 3 rings (SSSR count). The summed E-state index contributed by atoms with van der Waals surface area (Å²) in [6.45, 7) is 4.17. The summed E-state index contributed by atoms with van der Waals surface area (Å²) in [5.41, 5.74) is 2.36. The first-order valence-electron chi connectivity index (χ1n) is 9.31. The average Bonchev–Trinajstić information content (AvgIpc) is 3.20. The summed E-state index contributed by atoms with van der Waals surface area (Å²) in [5, 5.41) is 12.6. The van der Waals surface area contributed by atoms with Crippen LogP contribution in [0.4, 0.5) is 0 Å². The zero-order valence-electron chi connectivity index (χ0n) is 15.0. The van der Waals surface area contributed by atoms with Gasteiger partial charge in [0.1, 0.15) is 24.9 Å². The van der Waals surface area contributed by atoms with E-state index >= 15 is 0 Å². The predicted octanol–water partition coefficient (Wildman–Crippen LogP) is 0.712. The van der Waals surface area contributed by atoms with E-state index in [9.17, 15) is 5.11 Å². The Balaban J connectivity index is 1.61. The van der Waals surface area contributed by atoms with Gasteiger partial charge in [0.2, 0.25) is 0 Å². The maximum absolute atomic E-state index is 10.4. The van der Waals surface area contributed by atoms with Crippen molar-refractivity contribution in [2.45, 2.75) is 25.0 Å². The summed E-state index contributed by atoms with van der Waals surface area (Å²) < 4.78 is 5.29. The molecule has 1 aliphatic heterocycles. The predicted molar refractivity (Wildman–Crippen MR) is 98.7 cm³/mol. The summed E-state index contributed by atoms with van der Waals surface area (Å²) in [6.07, 6.45) is 2.22. The summed E-state index contributed by atoms with van der Waals surface area (Å²) in [5.74, 6) is 0.905. The normalized spacial score (nSPS) is 17.4. The second-order valence-corrected chi connectivity index (χ2v) is 6.88. The first-order chi connectivity index (χ1) is 12.3. The molecule has 4 N–H and O–H groups in total. The van der Waals surface area contributed by atoms with E-state index < -0.39 is 6.10 Å². The number of nitrogens with one attached hydrogen (secondary N) is 1. The van der Waals surface area contributed by atoms with Gasteiger partial charge in [0.25, 0.3) is 0 Å². The molecule has 0 radical (unpaired) electrons. The molecule has 0 aliphatic carbocycles. The Morgan fingerprint density at radius 1 is 0.960 bits per heavy atom. The largest absolute Gasteiger partial charge is 0.497 e. The van der Waals surface area contributed by atoms with Gasteiger partial charge in [0, 0.05) is 18.4 Å². The third-order valence-electron chi connectivity index (χ3n) is 5.23. The third-order valence-corrected chi connectivity index (χ3v) is 5.23. The fraction of sp³-hybridized carbons (Fsp3) is 0.429. The van der Waals surface area contributed by atoms with Crippen molar-refractivity contribution in [1.29, 1.82) is 0 Å². The maximum atomic E-state index is 10.4. The number of nitrogens with two attached hydrogens (primary N) is 1. The molecule has 25 heavy (non-hydrogen) atoms. The standard InChI is InChI=1S/C21H28N2O2/c1-25-19-11-9-17(10-12-19)20(23-13-5-6-14-23)15-22-16-21(24)18-7-3-2-4-8-18/h2-4,7-12,20-22,24H,5-6,13-16H2,1H3/p+2/t20-,21-/m0/s1. The minimum Gasteiger partial charge on any atom is -0.497 e. The highest BCUT2D eigenvalue weighted by Gasteiger charge is 2.29. The number of benzene rings is 2. The van der Waals surface area contributed by atoms with E-state index in [-0.39, 0.29) is 0 Å². The Hall–Kier alpha value is -1.88. The highest BCUT2D eigenvalue weighted by molar-refractivity contribution is 5.28. The lowest BCUT2D eigenvalue weighted by atomic mass is 10.0. The number of ether oxygens (including phenoxy) is 1. The summed E-state index contributed by atoms with van der Waals surface area (Å²) >= 11 is 0. The number of hydrogen-bond acceptors (Lipinski definition) is 2. The molecule has 2 atom stereocenters. The number of hydrogen-bond donors (Lipinski definition) is 3. The van der Waals surface area contributed by atoms with Gasteiger partial charge >= 0.3 is 0 Å². The van der Waals surface area contributed by atoms with E-state index in [2.05, 4.69) is 29.6 Å². The molecule has 0 saturated carbocycles. The first-order valence-corrected chi connectivity index (χ1v) is 9.31. The van der Waals surface area contributed by atoms with Crippen molar-refractivity contribution in [3.63, 3.8) is 0 Å². The molecule has 4 nitrogen and oxygen atoms in total. The van der Waals surface area contributed by atoms with E-state index in [0.29, 0.717) is 12.6 Å². The minimum absolute atomic E-state index is 0.411. The number of aliphatic hydroxyl groups is 1. The van der Waals surface area contributed by atoms with Crippen LogP contribution in [-0.2, 0) is 0 Å². The van der Waals surface area contributed by atoms with E-state index in [0.717, 1.165) is 17.9 Å². The average molecular weight is 342 g/mol. The number of likely N-dealkylation sites (tertiary alicyclic amines) is 1. The van der Waals surface area contributed by atoms with Gasteiger partial charge in [-0.05, 0) is 29.8 Å². The van der Waals surface area contributed by atoms with Crippen LogP contribution >= 0.6 is 0 Å². The zero-order valence-corrected chi connectivity index (χ0v) is 15.0. The molecule has 0 amide bonds. The van der Waals surface area contributed by atoms with E-state index in [1.165, 1.54) is 31.5 Å². The van der Waals surface area contributed by atoms with Crippen LogP contribution in [0.25, 0.3) is 0 Å².